The standard InChI is InChI=1S/C8H12NO4PS2/c1-2-6-7(10)9(8(15)16-6)4-3-5-14(11,12)13/h2H,3-5H2,1H3,(H2,11,12,13)/b6-2+. The summed E-state index contributed by atoms with van der Waals surface area (Å²) in [5.74, 6) is -0.178. The molecule has 1 rings (SSSR count). The second-order valence-corrected chi connectivity index (χ2v) is 6.67. The van der Waals surface area contributed by atoms with Crippen molar-refractivity contribution in [1.82, 2.24) is 4.90 Å². The number of nitrogens with zero attached hydrogens (tertiary/aromatic N) is 1. The molecule has 0 bridgehead atoms. The van der Waals surface area contributed by atoms with Crippen LogP contribution in [0.4, 0.5) is 0 Å². The van der Waals surface area contributed by atoms with E-state index in [2.05, 4.69) is 0 Å². The Balaban J connectivity index is 2.53. The molecule has 1 fully saturated rings. The molecule has 1 amide bonds. The maximum absolute atomic E-state index is 11.7. The highest BCUT2D eigenvalue weighted by atomic mass is 32.2. The molecule has 2 N–H and O–H groups in total. The van der Waals surface area contributed by atoms with Gasteiger partial charge in [0.1, 0.15) is 4.32 Å². The summed E-state index contributed by atoms with van der Waals surface area (Å²) in [6.45, 7) is 2.01. The second-order valence-electron chi connectivity index (χ2n) is 3.22. The summed E-state index contributed by atoms with van der Waals surface area (Å²) < 4.78 is 11.1. The second kappa shape index (κ2) is 5.42. The zero-order valence-electron chi connectivity index (χ0n) is 8.62. The average Bonchev–Trinajstić information content (AvgIpc) is 2.42. The maximum Gasteiger partial charge on any atom is 0.325 e. The van der Waals surface area contributed by atoms with Crippen molar-refractivity contribution in [1.29, 1.82) is 0 Å². The van der Waals surface area contributed by atoms with Gasteiger partial charge in [-0.05, 0) is 13.3 Å². The minimum absolute atomic E-state index is 0.178. The van der Waals surface area contributed by atoms with Gasteiger partial charge in [-0.2, -0.15) is 0 Å². The van der Waals surface area contributed by atoms with Crippen LogP contribution in [-0.2, 0) is 9.36 Å². The SMILES string of the molecule is C/C=C1/SC(=S)N(CCCP(=O)(O)O)C1=O. The van der Waals surface area contributed by atoms with Gasteiger partial charge in [-0.25, -0.2) is 0 Å². The molecule has 1 aliphatic rings. The van der Waals surface area contributed by atoms with Gasteiger partial charge in [-0.15, -0.1) is 0 Å². The lowest BCUT2D eigenvalue weighted by Gasteiger charge is -2.14. The van der Waals surface area contributed by atoms with E-state index in [1.165, 1.54) is 16.7 Å². The molecule has 0 radical (unpaired) electrons. The van der Waals surface area contributed by atoms with Crippen LogP contribution in [0.3, 0.4) is 0 Å². The van der Waals surface area contributed by atoms with Gasteiger partial charge in [-0.3, -0.25) is 14.3 Å². The summed E-state index contributed by atoms with van der Waals surface area (Å²) in [4.78, 5) is 31.0. The van der Waals surface area contributed by atoms with Gasteiger partial charge in [0.05, 0.1) is 11.1 Å². The van der Waals surface area contributed by atoms with Crippen LogP contribution in [-0.4, -0.2) is 37.6 Å². The third kappa shape index (κ3) is 3.68. The van der Waals surface area contributed by atoms with Crippen molar-refractivity contribution in [3.63, 3.8) is 0 Å². The summed E-state index contributed by atoms with van der Waals surface area (Å²) in [7, 11) is -3.99. The van der Waals surface area contributed by atoms with Crippen molar-refractivity contribution in [3.8, 4) is 0 Å². The number of carbonyl (C=O) groups is 1. The van der Waals surface area contributed by atoms with Crippen LogP contribution in [0.5, 0.6) is 0 Å². The zero-order chi connectivity index (χ0) is 12.3. The zero-order valence-corrected chi connectivity index (χ0v) is 11.1. The lowest BCUT2D eigenvalue weighted by atomic mass is 10.4. The van der Waals surface area contributed by atoms with Crippen molar-refractivity contribution in [3.05, 3.63) is 11.0 Å². The molecule has 0 aromatic carbocycles. The number of allylic oxidation sites excluding steroid dienone is 1. The van der Waals surface area contributed by atoms with Crippen molar-refractivity contribution >= 4 is 41.8 Å². The minimum atomic E-state index is -3.99. The summed E-state index contributed by atoms with van der Waals surface area (Å²) in [6, 6.07) is 0. The monoisotopic (exact) mass is 281 g/mol. The maximum atomic E-state index is 11.7. The van der Waals surface area contributed by atoms with Crippen molar-refractivity contribution in [2.24, 2.45) is 0 Å². The lowest BCUT2D eigenvalue weighted by Crippen LogP contribution is -2.29. The van der Waals surface area contributed by atoms with Crippen LogP contribution in [0.1, 0.15) is 13.3 Å². The molecule has 0 saturated carbocycles. The Kier molecular flexibility index (Phi) is 4.70. The first-order valence-corrected chi connectivity index (χ1v) is 7.62. The highest BCUT2D eigenvalue weighted by Gasteiger charge is 2.31. The molecule has 1 aliphatic heterocycles. The first kappa shape index (κ1) is 13.9. The van der Waals surface area contributed by atoms with Crippen LogP contribution in [0.15, 0.2) is 11.0 Å². The first-order valence-electron chi connectivity index (χ1n) is 4.59. The molecule has 0 spiro atoms. The number of amides is 1. The Morgan fingerprint density at radius 1 is 1.56 bits per heavy atom. The van der Waals surface area contributed by atoms with Crippen LogP contribution in [0, 0.1) is 0 Å². The third-order valence-corrected chi connectivity index (χ3v) is 4.36. The summed E-state index contributed by atoms with van der Waals surface area (Å²) in [5, 5.41) is 0. The van der Waals surface area contributed by atoms with Gasteiger partial charge < -0.3 is 9.79 Å². The van der Waals surface area contributed by atoms with E-state index < -0.39 is 7.60 Å². The number of carbonyl (C=O) groups excluding carboxylic acids is 1. The fourth-order valence-corrected chi connectivity index (χ4v) is 3.00. The van der Waals surface area contributed by atoms with Crippen molar-refractivity contribution in [2.45, 2.75) is 13.3 Å². The van der Waals surface area contributed by atoms with E-state index in [0.717, 1.165) is 0 Å². The van der Waals surface area contributed by atoms with Crippen LogP contribution < -0.4 is 0 Å². The fourth-order valence-electron chi connectivity index (χ4n) is 1.22. The topological polar surface area (TPSA) is 77.8 Å². The summed E-state index contributed by atoms with van der Waals surface area (Å²) in [6.07, 6.45) is 1.70. The van der Waals surface area contributed by atoms with Crippen LogP contribution in [0.2, 0.25) is 0 Å². The van der Waals surface area contributed by atoms with Crippen LogP contribution in [0.25, 0.3) is 0 Å². The summed E-state index contributed by atoms with van der Waals surface area (Å²) >= 11 is 6.22. The quantitative estimate of drug-likeness (QED) is 0.460. The molecule has 16 heavy (non-hydrogen) atoms. The number of thiocarbonyl (C=S) groups is 1. The Hall–Kier alpha value is -0.200. The van der Waals surface area contributed by atoms with Gasteiger partial charge in [-0.1, -0.05) is 30.1 Å². The van der Waals surface area contributed by atoms with Gasteiger partial charge in [0.25, 0.3) is 5.91 Å². The van der Waals surface area contributed by atoms with Gasteiger partial charge in [0.15, 0.2) is 0 Å². The summed E-state index contributed by atoms with van der Waals surface area (Å²) in [5.41, 5.74) is 0. The Labute approximate surface area is 103 Å². The lowest BCUT2D eigenvalue weighted by molar-refractivity contribution is -0.122. The first-order chi connectivity index (χ1) is 7.35. The number of rotatable bonds is 4. The molecule has 0 aromatic rings. The highest BCUT2D eigenvalue weighted by molar-refractivity contribution is 8.26. The normalized spacial score (nSPS) is 19.9. The molecule has 5 nitrogen and oxygen atoms in total. The molecule has 90 valence electrons. The fraction of sp³-hybridized carbons (Fsp3) is 0.500. The molecule has 1 heterocycles. The number of hydrogen-bond acceptors (Lipinski definition) is 4. The van der Waals surface area contributed by atoms with Crippen LogP contribution >= 0.6 is 31.6 Å². The van der Waals surface area contributed by atoms with E-state index in [1.807, 2.05) is 0 Å². The van der Waals surface area contributed by atoms with E-state index in [9.17, 15) is 9.36 Å². The third-order valence-electron chi connectivity index (χ3n) is 1.97. The highest BCUT2D eigenvalue weighted by Crippen LogP contribution is 2.36. The van der Waals surface area contributed by atoms with Crippen molar-refractivity contribution in [2.75, 3.05) is 12.7 Å². The Bertz CT molecular complexity index is 389. The number of hydrogen-bond donors (Lipinski definition) is 2. The molecule has 0 aromatic heterocycles. The predicted octanol–water partition coefficient (Wildman–Crippen LogP) is 1.32. The van der Waals surface area contributed by atoms with Crippen molar-refractivity contribution < 1.29 is 19.1 Å². The minimum Gasteiger partial charge on any atom is -0.324 e. The molecule has 8 heteroatoms. The molecule has 1 saturated heterocycles. The Morgan fingerprint density at radius 2 is 2.19 bits per heavy atom. The largest absolute Gasteiger partial charge is 0.325 e. The van der Waals surface area contributed by atoms with Gasteiger partial charge in [0, 0.05) is 6.54 Å². The molecular formula is C8H12NO4PS2. The van der Waals surface area contributed by atoms with E-state index in [4.69, 9.17) is 22.0 Å². The molecular weight excluding hydrogens is 269 g/mol. The molecule has 0 aliphatic carbocycles. The van der Waals surface area contributed by atoms with E-state index in [0.29, 0.717) is 9.23 Å². The molecule has 0 unspecified atom stereocenters. The van der Waals surface area contributed by atoms with E-state index >= 15 is 0 Å². The predicted molar refractivity (Wildman–Crippen MR) is 67.2 cm³/mol. The smallest absolute Gasteiger partial charge is 0.324 e. The van der Waals surface area contributed by atoms with E-state index in [1.54, 1.807) is 13.0 Å². The number of thioether (sulfide) groups is 1. The van der Waals surface area contributed by atoms with Gasteiger partial charge in [0.2, 0.25) is 0 Å². The van der Waals surface area contributed by atoms with E-state index in [-0.39, 0.29) is 25.0 Å². The average molecular weight is 281 g/mol. The van der Waals surface area contributed by atoms with Gasteiger partial charge >= 0.3 is 7.60 Å². The Morgan fingerprint density at radius 3 is 2.62 bits per heavy atom. The molecule has 0 atom stereocenters.